The number of benzene rings is 2. The van der Waals surface area contributed by atoms with Gasteiger partial charge in [0.15, 0.2) is 19.7 Å². The summed E-state index contributed by atoms with van der Waals surface area (Å²) >= 11 is 5.80. The Kier molecular flexibility index (Phi) is 5.09. The molecule has 0 spiro atoms. The van der Waals surface area contributed by atoms with Crippen LogP contribution in [-0.4, -0.2) is 39.5 Å². The molecule has 1 aliphatic rings. The van der Waals surface area contributed by atoms with Crippen molar-refractivity contribution in [3.8, 4) is 0 Å². The highest BCUT2D eigenvalue weighted by atomic mass is 35.5. The number of carbonyl (C=O) groups excluding carboxylic acids is 1. The lowest BCUT2D eigenvalue weighted by Crippen LogP contribution is -2.23. The maximum atomic E-state index is 12.7. The van der Waals surface area contributed by atoms with Crippen LogP contribution in [0, 0.1) is 0 Å². The van der Waals surface area contributed by atoms with Crippen LogP contribution in [-0.2, 0) is 19.7 Å². The molecule has 26 heavy (non-hydrogen) atoms. The molecule has 1 fully saturated rings. The fraction of sp³-hybridized carbons (Fsp3) is 0.235. The highest BCUT2D eigenvalue weighted by Crippen LogP contribution is 2.26. The van der Waals surface area contributed by atoms with E-state index in [1.165, 1.54) is 24.3 Å². The molecule has 3 rings (SSSR count). The van der Waals surface area contributed by atoms with E-state index in [2.05, 4.69) is 5.32 Å². The Hall–Kier alpha value is -1.90. The molecule has 1 saturated heterocycles. The number of sulfone groups is 2. The number of anilines is 1. The Balaban J connectivity index is 1.83. The van der Waals surface area contributed by atoms with Crippen molar-refractivity contribution < 1.29 is 21.6 Å². The Labute approximate surface area is 157 Å². The van der Waals surface area contributed by atoms with Gasteiger partial charge in [0.25, 0.3) is 5.91 Å². The summed E-state index contributed by atoms with van der Waals surface area (Å²) < 4.78 is 48.5. The van der Waals surface area contributed by atoms with Crippen molar-refractivity contribution >= 4 is 42.9 Å². The Morgan fingerprint density at radius 3 is 2.42 bits per heavy atom. The van der Waals surface area contributed by atoms with Gasteiger partial charge in [-0.15, -0.1) is 0 Å². The molecule has 0 saturated carbocycles. The minimum atomic E-state index is -3.82. The van der Waals surface area contributed by atoms with Crippen LogP contribution < -0.4 is 5.32 Å². The van der Waals surface area contributed by atoms with Crippen molar-refractivity contribution in [2.75, 3.05) is 16.8 Å². The number of amides is 1. The zero-order valence-electron chi connectivity index (χ0n) is 13.6. The van der Waals surface area contributed by atoms with E-state index in [9.17, 15) is 21.6 Å². The van der Waals surface area contributed by atoms with Crippen molar-refractivity contribution in [1.82, 2.24) is 0 Å². The van der Waals surface area contributed by atoms with Crippen molar-refractivity contribution in [1.29, 1.82) is 0 Å². The molecule has 1 atom stereocenters. The largest absolute Gasteiger partial charge is 0.322 e. The van der Waals surface area contributed by atoms with Gasteiger partial charge < -0.3 is 5.32 Å². The summed E-state index contributed by atoms with van der Waals surface area (Å²) in [7, 11) is -7.15. The first-order chi connectivity index (χ1) is 12.2. The van der Waals surface area contributed by atoms with Crippen LogP contribution in [0.1, 0.15) is 16.8 Å². The van der Waals surface area contributed by atoms with E-state index in [-0.39, 0.29) is 28.4 Å². The first-order valence-electron chi connectivity index (χ1n) is 7.79. The third-order valence-electron chi connectivity index (χ3n) is 4.16. The molecule has 0 bridgehead atoms. The standard InChI is InChI=1S/C17H16ClNO5S2/c18-13-4-6-14(7-5-13)19-17(20)12-2-1-3-15(10-12)26(23,24)16-8-9-25(21,22)11-16/h1-7,10,16H,8-9,11H2,(H,19,20)/t16-/m0/s1. The van der Waals surface area contributed by atoms with Gasteiger partial charge in [-0.25, -0.2) is 16.8 Å². The van der Waals surface area contributed by atoms with E-state index < -0.39 is 30.8 Å². The molecule has 9 heteroatoms. The fourth-order valence-electron chi connectivity index (χ4n) is 2.75. The van der Waals surface area contributed by atoms with Crippen LogP contribution in [0.4, 0.5) is 5.69 Å². The predicted molar refractivity (Wildman–Crippen MR) is 100 cm³/mol. The topological polar surface area (TPSA) is 97.4 Å². The second-order valence-electron chi connectivity index (χ2n) is 6.06. The number of hydrogen-bond acceptors (Lipinski definition) is 5. The smallest absolute Gasteiger partial charge is 0.255 e. The average Bonchev–Trinajstić information content (AvgIpc) is 2.98. The second kappa shape index (κ2) is 7.02. The number of carbonyl (C=O) groups is 1. The van der Waals surface area contributed by atoms with Crippen LogP contribution in [0.15, 0.2) is 53.4 Å². The number of halogens is 1. The van der Waals surface area contributed by atoms with Crippen LogP contribution in [0.25, 0.3) is 0 Å². The third-order valence-corrected chi connectivity index (χ3v) is 8.58. The molecule has 2 aromatic carbocycles. The third kappa shape index (κ3) is 4.08. The van der Waals surface area contributed by atoms with E-state index in [0.29, 0.717) is 10.7 Å². The molecular weight excluding hydrogens is 398 g/mol. The molecule has 1 N–H and O–H groups in total. The van der Waals surface area contributed by atoms with E-state index in [1.54, 1.807) is 24.3 Å². The molecule has 2 aromatic rings. The summed E-state index contributed by atoms with van der Waals surface area (Å²) in [5.74, 6) is -0.979. The maximum absolute atomic E-state index is 12.7. The monoisotopic (exact) mass is 413 g/mol. The van der Waals surface area contributed by atoms with Crippen molar-refractivity contribution in [3.63, 3.8) is 0 Å². The van der Waals surface area contributed by atoms with Gasteiger partial charge in [0, 0.05) is 16.3 Å². The highest BCUT2D eigenvalue weighted by Gasteiger charge is 2.38. The number of hydrogen-bond donors (Lipinski definition) is 1. The van der Waals surface area contributed by atoms with E-state index >= 15 is 0 Å². The lowest BCUT2D eigenvalue weighted by atomic mass is 10.2. The molecule has 6 nitrogen and oxygen atoms in total. The average molecular weight is 414 g/mol. The Morgan fingerprint density at radius 1 is 1.12 bits per heavy atom. The summed E-state index contributed by atoms with van der Waals surface area (Å²) in [6, 6.07) is 12.1. The molecule has 1 heterocycles. The summed E-state index contributed by atoms with van der Waals surface area (Å²) in [6.45, 7) is 0. The number of rotatable bonds is 4. The molecule has 0 aliphatic carbocycles. The van der Waals surface area contributed by atoms with Gasteiger partial charge in [-0.3, -0.25) is 4.79 Å². The first-order valence-corrected chi connectivity index (χ1v) is 11.5. The minimum absolute atomic E-state index is 0.0524. The second-order valence-corrected chi connectivity index (χ2v) is 11.0. The highest BCUT2D eigenvalue weighted by molar-refractivity contribution is 7.96. The van der Waals surface area contributed by atoms with Gasteiger partial charge >= 0.3 is 0 Å². The summed E-state index contributed by atoms with van der Waals surface area (Å²) in [5, 5.41) is 2.22. The zero-order chi connectivity index (χ0) is 18.9. The van der Waals surface area contributed by atoms with Crippen molar-refractivity contribution in [2.24, 2.45) is 0 Å². The Morgan fingerprint density at radius 2 is 1.81 bits per heavy atom. The van der Waals surface area contributed by atoms with E-state index in [4.69, 9.17) is 11.6 Å². The van der Waals surface area contributed by atoms with Crippen molar-refractivity contribution in [3.05, 3.63) is 59.1 Å². The molecular formula is C17H16ClNO5S2. The molecule has 1 aliphatic heterocycles. The van der Waals surface area contributed by atoms with Gasteiger partial charge in [0.05, 0.1) is 21.7 Å². The van der Waals surface area contributed by atoms with Gasteiger partial charge in [0.1, 0.15) is 0 Å². The van der Waals surface area contributed by atoms with Crippen LogP contribution in [0.5, 0.6) is 0 Å². The lowest BCUT2D eigenvalue weighted by Gasteiger charge is -2.11. The fourth-order valence-corrected chi connectivity index (χ4v) is 7.28. The lowest BCUT2D eigenvalue weighted by molar-refractivity contribution is 0.102. The summed E-state index contributed by atoms with van der Waals surface area (Å²) in [5.41, 5.74) is 0.691. The summed E-state index contributed by atoms with van der Waals surface area (Å²) in [6.07, 6.45) is 0.0753. The normalized spacial score (nSPS) is 19.2. The van der Waals surface area contributed by atoms with Crippen LogP contribution >= 0.6 is 11.6 Å². The predicted octanol–water partition coefficient (Wildman–Crippen LogP) is 2.55. The van der Waals surface area contributed by atoms with E-state index in [0.717, 1.165) is 0 Å². The summed E-state index contributed by atoms with van der Waals surface area (Å²) in [4.78, 5) is 12.3. The Bertz CT molecular complexity index is 1050. The molecule has 138 valence electrons. The minimum Gasteiger partial charge on any atom is -0.322 e. The van der Waals surface area contributed by atoms with Crippen LogP contribution in [0.3, 0.4) is 0 Å². The first kappa shape index (κ1) is 18.9. The van der Waals surface area contributed by atoms with Crippen molar-refractivity contribution in [2.45, 2.75) is 16.6 Å². The zero-order valence-corrected chi connectivity index (χ0v) is 15.9. The van der Waals surface area contributed by atoms with Gasteiger partial charge in [-0.1, -0.05) is 17.7 Å². The van der Waals surface area contributed by atoms with Gasteiger partial charge in [0.2, 0.25) is 0 Å². The molecule has 0 aromatic heterocycles. The van der Waals surface area contributed by atoms with Gasteiger partial charge in [-0.2, -0.15) is 0 Å². The van der Waals surface area contributed by atoms with Crippen LogP contribution in [0.2, 0.25) is 5.02 Å². The molecule has 0 unspecified atom stereocenters. The number of nitrogens with one attached hydrogen (secondary N) is 1. The maximum Gasteiger partial charge on any atom is 0.255 e. The molecule has 1 amide bonds. The SMILES string of the molecule is O=C(Nc1ccc(Cl)cc1)c1cccc(S(=O)(=O)[C@H]2CCS(=O)(=O)C2)c1. The molecule has 0 radical (unpaired) electrons. The van der Waals surface area contributed by atoms with Gasteiger partial charge in [-0.05, 0) is 48.9 Å². The van der Waals surface area contributed by atoms with E-state index in [1.807, 2.05) is 0 Å². The quantitative estimate of drug-likeness (QED) is 0.830.